The number of carbonyl (C=O) groups is 2. The summed E-state index contributed by atoms with van der Waals surface area (Å²) >= 11 is 0. The second-order valence-electron chi connectivity index (χ2n) is 6.59. The number of allylic oxidation sites excluding steroid dienone is 1. The number of fused-ring (bicyclic) bond motifs is 1. The molecule has 0 radical (unpaired) electrons. The maximum absolute atomic E-state index is 13.3. The second kappa shape index (κ2) is 7.72. The van der Waals surface area contributed by atoms with Crippen molar-refractivity contribution in [2.45, 2.75) is 13.3 Å². The van der Waals surface area contributed by atoms with Crippen LogP contribution in [0.3, 0.4) is 0 Å². The Morgan fingerprint density at radius 1 is 1.07 bits per heavy atom. The highest BCUT2D eigenvalue weighted by Gasteiger charge is 2.28. The zero-order chi connectivity index (χ0) is 20.4. The van der Waals surface area contributed by atoms with Crippen LogP contribution in [0.5, 0.6) is 11.5 Å². The van der Waals surface area contributed by atoms with Crippen LogP contribution in [0.2, 0.25) is 0 Å². The van der Waals surface area contributed by atoms with Crippen LogP contribution in [0.1, 0.15) is 38.8 Å². The lowest BCUT2D eigenvalue weighted by atomic mass is 10.1. The number of Topliss-reactive ketones (excluding diaryl/α,β-unsaturated/α-hetero) is 1. The Kier molecular flexibility index (Phi) is 4.96. The molecule has 144 valence electrons. The number of hydrogen-bond acceptors (Lipinski definition) is 4. The fraction of sp³-hybridized carbons (Fsp3) is 0.0833. The standard InChI is InChI=1S/C24H17FO4/c1-2-15-6-8-16(9-7-15)12-22-23(26)20-11-10-19(14-21(20)29-22)28-24(27)17-4-3-5-18(25)13-17/h3-14H,2H2,1H3/b22-12-. The minimum Gasteiger partial charge on any atom is -0.452 e. The molecule has 0 aliphatic carbocycles. The van der Waals surface area contributed by atoms with Crippen molar-refractivity contribution < 1.29 is 23.5 Å². The third-order valence-corrected chi connectivity index (χ3v) is 4.60. The van der Waals surface area contributed by atoms with Gasteiger partial charge >= 0.3 is 5.97 Å². The third kappa shape index (κ3) is 3.94. The summed E-state index contributed by atoms with van der Waals surface area (Å²) < 4.78 is 24.2. The Morgan fingerprint density at radius 3 is 2.59 bits per heavy atom. The second-order valence-corrected chi connectivity index (χ2v) is 6.59. The van der Waals surface area contributed by atoms with E-state index < -0.39 is 11.8 Å². The smallest absolute Gasteiger partial charge is 0.343 e. The minimum absolute atomic E-state index is 0.0959. The van der Waals surface area contributed by atoms with Gasteiger partial charge in [0.2, 0.25) is 5.78 Å². The molecule has 0 N–H and O–H groups in total. The SMILES string of the molecule is CCc1ccc(/C=C2\Oc3cc(OC(=O)c4cccc(F)c4)ccc3C2=O)cc1. The first kappa shape index (κ1) is 18.6. The zero-order valence-electron chi connectivity index (χ0n) is 15.6. The summed E-state index contributed by atoms with van der Waals surface area (Å²) in [5.41, 5.74) is 2.56. The van der Waals surface area contributed by atoms with Crippen LogP contribution in [0.4, 0.5) is 4.39 Å². The van der Waals surface area contributed by atoms with Gasteiger partial charge in [-0.1, -0.05) is 37.3 Å². The first-order chi connectivity index (χ1) is 14.0. The molecule has 0 fully saturated rings. The summed E-state index contributed by atoms with van der Waals surface area (Å²) in [6.45, 7) is 2.08. The van der Waals surface area contributed by atoms with Gasteiger partial charge in [0.05, 0.1) is 11.1 Å². The highest BCUT2D eigenvalue weighted by molar-refractivity contribution is 6.14. The minimum atomic E-state index is -0.694. The maximum Gasteiger partial charge on any atom is 0.343 e. The van der Waals surface area contributed by atoms with Crippen LogP contribution in [0.25, 0.3) is 6.08 Å². The number of ketones is 1. The number of carbonyl (C=O) groups excluding carboxylic acids is 2. The van der Waals surface area contributed by atoms with Crippen LogP contribution in [0, 0.1) is 5.82 Å². The molecule has 3 aromatic rings. The molecule has 4 rings (SSSR count). The summed E-state index contributed by atoms with van der Waals surface area (Å²) in [5, 5.41) is 0. The Balaban J connectivity index is 1.53. The monoisotopic (exact) mass is 388 g/mol. The van der Waals surface area contributed by atoms with Gasteiger partial charge in [-0.2, -0.15) is 0 Å². The number of hydrogen-bond donors (Lipinski definition) is 0. The van der Waals surface area contributed by atoms with E-state index in [2.05, 4.69) is 6.92 Å². The normalized spacial score (nSPS) is 13.9. The molecule has 5 heteroatoms. The lowest BCUT2D eigenvalue weighted by molar-refractivity contribution is 0.0734. The van der Waals surface area contributed by atoms with E-state index in [1.54, 1.807) is 12.1 Å². The van der Waals surface area contributed by atoms with Crippen molar-refractivity contribution in [3.63, 3.8) is 0 Å². The van der Waals surface area contributed by atoms with E-state index in [1.807, 2.05) is 24.3 Å². The first-order valence-electron chi connectivity index (χ1n) is 9.18. The average Bonchev–Trinajstić information content (AvgIpc) is 3.03. The molecule has 0 amide bonds. The van der Waals surface area contributed by atoms with Gasteiger partial charge in [0, 0.05) is 6.07 Å². The molecule has 0 aromatic heterocycles. The number of aryl methyl sites for hydroxylation is 1. The topological polar surface area (TPSA) is 52.6 Å². The van der Waals surface area contributed by atoms with Crippen molar-refractivity contribution in [3.8, 4) is 11.5 Å². The summed E-state index contributed by atoms with van der Waals surface area (Å²) in [4.78, 5) is 24.8. The largest absolute Gasteiger partial charge is 0.452 e. The Morgan fingerprint density at radius 2 is 1.86 bits per heavy atom. The van der Waals surface area contributed by atoms with Crippen molar-refractivity contribution >= 4 is 17.8 Å². The lowest BCUT2D eigenvalue weighted by Crippen LogP contribution is -2.08. The number of benzene rings is 3. The van der Waals surface area contributed by atoms with Crippen molar-refractivity contribution in [1.82, 2.24) is 0 Å². The quantitative estimate of drug-likeness (QED) is 0.349. The van der Waals surface area contributed by atoms with Gasteiger partial charge in [-0.05, 0) is 54.0 Å². The number of halogens is 1. The first-order valence-corrected chi connectivity index (χ1v) is 9.18. The molecule has 29 heavy (non-hydrogen) atoms. The highest BCUT2D eigenvalue weighted by Crippen LogP contribution is 2.35. The zero-order valence-corrected chi connectivity index (χ0v) is 15.6. The van der Waals surface area contributed by atoms with E-state index in [0.717, 1.165) is 18.1 Å². The summed E-state index contributed by atoms with van der Waals surface area (Å²) in [5.74, 6) is -0.722. The predicted octanol–water partition coefficient (Wildman–Crippen LogP) is 5.22. The van der Waals surface area contributed by atoms with E-state index in [9.17, 15) is 14.0 Å². The average molecular weight is 388 g/mol. The number of rotatable bonds is 4. The molecule has 3 aromatic carbocycles. The fourth-order valence-corrected chi connectivity index (χ4v) is 3.01. The van der Waals surface area contributed by atoms with Gasteiger partial charge in [0.15, 0.2) is 5.76 Å². The van der Waals surface area contributed by atoms with E-state index in [-0.39, 0.29) is 22.9 Å². The highest BCUT2D eigenvalue weighted by atomic mass is 19.1. The van der Waals surface area contributed by atoms with Gasteiger partial charge in [-0.3, -0.25) is 4.79 Å². The van der Waals surface area contributed by atoms with Gasteiger partial charge in [-0.15, -0.1) is 0 Å². The van der Waals surface area contributed by atoms with E-state index in [0.29, 0.717) is 11.3 Å². The molecule has 1 aliphatic heterocycles. The van der Waals surface area contributed by atoms with E-state index >= 15 is 0 Å². The summed E-state index contributed by atoms with van der Waals surface area (Å²) in [6, 6.07) is 17.6. The summed E-state index contributed by atoms with van der Waals surface area (Å²) in [7, 11) is 0. The molecule has 0 saturated carbocycles. The van der Waals surface area contributed by atoms with Crippen molar-refractivity contribution in [2.24, 2.45) is 0 Å². The van der Waals surface area contributed by atoms with Gasteiger partial charge in [0.1, 0.15) is 17.3 Å². The van der Waals surface area contributed by atoms with Crippen LogP contribution in [-0.4, -0.2) is 11.8 Å². The number of ether oxygens (including phenoxy) is 2. The van der Waals surface area contributed by atoms with E-state index in [4.69, 9.17) is 9.47 Å². The van der Waals surface area contributed by atoms with Crippen LogP contribution in [0.15, 0.2) is 72.5 Å². The molecule has 1 aliphatic rings. The molecular weight excluding hydrogens is 371 g/mol. The summed E-state index contributed by atoms with van der Waals surface area (Å²) in [6.07, 6.45) is 2.62. The van der Waals surface area contributed by atoms with Crippen LogP contribution in [-0.2, 0) is 6.42 Å². The van der Waals surface area contributed by atoms with Gasteiger partial charge in [-0.25, -0.2) is 9.18 Å². The van der Waals surface area contributed by atoms with Crippen LogP contribution < -0.4 is 9.47 Å². The van der Waals surface area contributed by atoms with E-state index in [1.165, 1.54) is 35.9 Å². The molecule has 1 heterocycles. The van der Waals surface area contributed by atoms with Crippen molar-refractivity contribution in [1.29, 1.82) is 0 Å². The Bertz CT molecular complexity index is 1130. The molecule has 0 bridgehead atoms. The number of esters is 1. The third-order valence-electron chi connectivity index (χ3n) is 4.60. The van der Waals surface area contributed by atoms with Crippen LogP contribution >= 0.6 is 0 Å². The fourth-order valence-electron chi connectivity index (χ4n) is 3.01. The molecule has 0 saturated heterocycles. The molecule has 0 unspecified atom stereocenters. The Hall–Kier alpha value is -3.73. The van der Waals surface area contributed by atoms with Crippen molar-refractivity contribution in [3.05, 3.63) is 101 Å². The molecular formula is C24H17FO4. The van der Waals surface area contributed by atoms with Gasteiger partial charge in [0.25, 0.3) is 0 Å². The molecule has 0 spiro atoms. The molecule has 0 atom stereocenters. The van der Waals surface area contributed by atoms with Crippen molar-refractivity contribution in [2.75, 3.05) is 0 Å². The predicted molar refractivity (Wildman–Crippen MR) is 107 cm³/mol. The maximum atomic E-state index is 13.3. The molecule has 4 nitrogen and oxygen atoms in total. The lowest BCUT2D eigenvalue weighted by Gasteiger charge is -2.05. The Labute approximate surface area is 167 Å². The van der Waals surface area contributed by atoms with Gasteiger partial charge < -0.3 is 9.47 Å².